The number of carbonyl (C=O) groups is 1. The number of aryl methyl sites for hydroxylation is 2. The Bertz CT molecular complexity index is 770. The van der Waals surface area contributed by atoms with Crippen LogP contribution < -0.4 is 10.2 Å². The molecule has 6 nitrogen and oxygen atoms in total. The zero-order valence-corrected chi connectivity index (χ0v) is 14.9. The zero-order chi connectivity index (χ0) is 18.6. The third-order valence-corrected chi connectivity index (χ3v) is 4.01. The smallest absolute Gasteiger partial charge is 0.271 e. The number of non-ortho nitro benzene ring substituents is 1. The molecule has 0 unspecified atom stereocenters. The first-order chi connectivity index (χ1) is 11.8. The standard InChI is InChI=1S/C19H23N3O3/c1-13(2)21(16-8-5-14(3)6-9-16)12-19(23)20-18-11-17(22(24)25)10-7-15(18)4/h5-11,13H,12H2,1-4H3,(H,20,23). The predicted molar refractivity (Wildman–Crippen MR) is 100 cm³/mol. The van der Waals surface area contributed by atoms with Crippen LogP contribution >= 0.6 is 0 Å². The highest BCUT2D eigenvalue weighted by molar-refractivity contribution is 5.95. The summed E-state index contributed by atoms with van der Waals surface area (Å²) in [5.74, 6) is -0.210. The molecule has 2 aromatic rings. The Morgan fingerprint density at radius 3 is 2.36 bits per heavy atom. The van der Waals surface area contributed by atoms with E-state index < -0.39 is 4.92 Å². The summed E-state index contributed by atoms with van der Waals surface area (Å²) in [5.41, 5.74) is 3.33. The van der Waals surface area contributed by atoms with E-state index in [1.807, 2.05) is 49.9 Å². The van der Waals surface area contributed by atoms with Crippen LogP contribution in [0.4, 0.5) is 17.1 Å². The van der Waals surface area contributed by atoms with Gasteiger partial charge in [-0.2, -0.15) is 0 Å². The number of rotatable bonds is 6. The molecular formula is C19H23N3O3. The number of nitrogens with one attached hydrogen (secondary N) is 1. The van der Waals surface area contributed by atoms with Gasteiger partial charge in [0.05, 0.1) is 17.2 Å². The second kappa shape index (κ2) is 7.79. The molecule has 0 aromatic heterocycles. The number of nitrogens with zero attached hydrogens (tertiary/aromatic N) is 2. The van der Waals surface area contributed by atoms with E-state index in [4.69, 9.17) is 0 Å². The summed E-state index contributed by atoms with van der Waals surface area (Å²) in [6.07, 6.45) is 0. The van der Waals surface area contributed by atoms with E-state index in [0.29, 0.717) is 5.69 Å². The summed E-state index contributed by atoms with van der Waals surface area (Å²) in [5, 5.41) is 13.7. The number of carbonyl (C=O) groups excluding carboxylic acids is 1. The average Bonchev–Trinajstić information content (AvgIpc) is 2.55. The number of hydrogen-bond donors (Lipinski definition) is 1. The summed E-state index contributed by atoms with van der Waals surface area (Å²) in [7, 11) is 0. The quantitative estimate of drug-likeness (QED) is 0.635. The third kappa shape index (κ3) is 4.79. The van der Waals surface area contributed by atoms with Gasteiger partial charge in [0.25, 0.3) is 5.69 Å². The van der Waals surface area contributed by atoms with Crippen molar-refractivity contribution in [3.05, 3.63) is 63.7 Å². The van der Waals surface area contributed by atoms with E-state index >= 15 is 0 Å². The Morgan fingerprint density at radius 1 is 1.16 bits per heavy atom. The molecule has 1 amide bonds. The summed E-state index contributed by atoms with van der Waals surface area (Å²) in [4.78, 5) is 24.9. The van der Waals surface area contributed by atoms with E-state index in [-0.39, 0.29) is 24.2 Å². The van der Waals surface area contributed by atoms with Gasteiger partial charge in [0, 0.05) is 23.9 Å². The predicted octanol–water partition coefficient (Wildman–Crippen LogP) is 4.07. The first-order valence-corrected chi connectivity index (χ1v) is 8.16. The molecule has 0 saturated carbocycles. The summed E-state index contributed by atoms with van der Waals surface area (Å²) < 4.78 is 0. The van der Waals surface area contributed by atoms with Crippen LogP contribution in [-0.2, 0) is 4.79 Å². The third-order valence-electron chi connectivity index (χ3n) is 4.01. The van der Waals surface area contributed by atoms with Crippen LogP contribution in [-0.4, -0.2) is 23.4 Å². The minimum atomic E-state index is -0.470. The molecule has 0 heterocycles. The fraction of sp³-hybridized carbons (Fsp3) is 0.316. The van der Waals surface area contributed by atoms with E-state index in [9.17, 15) is 14.9 Å². The fourth-order valence-corrected chi connectivity index (χ4v) is 2.51. The lowest BCUT2D eigenvalue weighted by atomic mass is 10.1. The molecule has 0 bridgehead atoms. The van der Waals surface area contributed by atoms with Crippen LogP contribution in [0.25, 0.3) is 0 Å². The van der Waals surface area contributed by atoms with Crippen LogP contribution in [0.2, 0.25) is 0 Å². The van der Waals surface area contributed by atoms with Crippen molar-refractivity contribution < 1.29 is 9.72 Å². The lowest BCUT2D eigenvalue weighted by Crippen LogP contribution is -2.38. The Labute approximate surface area is 147 Å². The van der Waals surface area contributed by atoms with Gasteiger partial charge in [-0.15, -0.1) is 0 Å². The molecule has 0 fully saturated rings. The maximum atomic E-state index is 12.5. The van der Waals surface area contributed by atoms with Crippen molar-refractivity contribution in [1.29, 1.82) is 0 Å². The number of anilines is 2. The van der Waals surface area contributed by atoms with Crippen molar-refractivity contribution in [2.75, 3.05) is 16.8 Å². The summed E-state index contributed by atoms with van der Waals surface area (Å²) in [6, 6.07) is 12.6. The molecule has 2 rings (SSSR count). The maximum absolute atomic E-state index is 12.5. The SMILES string of the molecule is Cc1ccc(N(CC(=O)Nc2cc([N+](=O)[O-])ccc2C)C(C)C)cc1. The molecule has 0 atom stereocenters. The van der Waals surface area contributed by atoms with Gasteiger partial charge in [-0.3, -0.25) is 14.9 Å². The van der Waals surface area contributed by atoms with Crippen molar-refractivity contribution in [2.45, 2.75) is 33.7 Å². The summed E-state index contributed by atoms with van der Waals surface area (Å²) in [6.45, 7) is 8.03. The van der Waals surface area contributed by atoms with E-state index in [2.05, 4.69) is 5.32 Å². The molecule has 0 aliphatic rings. The van der Waals surface area contributed by atoms with E-state index in [0.717, 1.165) is 16.8 Å². The van der Waals surface area contributed by atoms with E-state index in [1.165, 1.54) is 12.1 Å². The molecule has 132 valence electrons. The van der Waals surface area contributed by atoms with Gasteiger partial charge in [0.15, 0.2) is 0 Å². The van der Waals surface area contributed by atoms with Crippen molar-refractivity contribution in [2.24, 2.45) is 0 Å². The topological polar surface area (TPSA) is 75.5 Å². The van der Waals surface area contributed by atoms with Gasteiger partial charge in [-0.05, 0) is 45.4 Å². The second-order valence-electron chi connectivity index (χ2n) is 6.36. The number of nitro benzene ring substituents is 1. The molecule has 1 N–H and O–H groups in total. The Hall–Kier alpha value is -2.89. The first-order valence-electron chi connectivity index (χ1n) is 8.16. The molecule has 6 heteroatoms. The molecular weight excluding hydrogens is 318 g/mol. The van der Waals surface area contributed by atoms with Crippen LogP contribution in [0.15, 0.2) is 42.5 Å². The lowest BCUT2D eigenvalue weighted by molar-refractivity contribution is -0.384. The normalized spacial score (nSPS) is 10.6. The Balaban J connectivity index is 2.16. The van der Waals surface area contributed by atoms with Crippen LogP contribution in [0.1, 0.15) is 25.0 Å². The highest BCUT2D eigenvalue weighted by Gasteiger charge is 2.16. The van der Waals surface area contributed by atoms with Gasteiger partial charge in [0.2, 0.25) is 5.91 Å². The fourth-order valence-electron chi connectivity index (χ4n) is 2.51. The molecule has 25 heavy (non-hydrogen) atoms. The van der Waals surface area contributed by atoms with Crippen LogP contribution in [0.3, 0.4) is 0 Å². The minimum Gasteiger partial charge on any atom is -0.360 e. The van der Waals surface area contributed by atoms with Gasteiger partial charge < -0.3 is 10.2 Å². The molecule has 0 spiro atoms. The maximum Gasteiger partial charge on any atom is 0.271 e. The average molecular weight is 341 g/mol. The largest absolute Gasteiger partial charge is 0.360 e. The molecule has 0 aliphatic carbocycles. The molecule has 0 saturated heterocycles. The Morgan fingerprint density at radius 2 is 1.80 bits per heavy atom. The van der Waals surface area contributed by atoms with Gasteiger partial charge >= 0.3 is 0 Å². The van der Waals surface area contributed by atoms with Gasteiger partial charge in [0.1, 0.15) is 0 Å². The van der Waals surface area contributed by atoms with Crippen molar-refractivity contribution >= 4 is 23.0 Å². The van der Waals surface area contributed by atoms with Crippen molar-refractivity contribution in [1.82, 2.24) is 0 Å². The van der Waals surface area contributed by atoms with Crippen molar-refractivity contribution in [3.8, 4) is 0 Å². The molecule has 0 radical (unpaired) electrons. The van der Waals surface area contributed by atoms with Gasteiger partial charge in [-0.1, -0.05) is 23.8 Å². The number of amides is 1. The Kier molecular flexibility index (Phi) is 5.75. The van der Waals surface area contributed by atoms with Gasteiger partial charge in [-0.25, -0.2) is 0 Å². The van der Waals surface area contributed by atoms with E-state index in [1.54, 1.807) is 13.0 Å². The highest BCUT2D eigenvalue weighted by Crippen LogP contribution is 2.22. The lowest BCUT2D eigenvalue weighted by Gasteiger charge is -2.28. The molecule has 2 aromatic carbocycles. The zero-order valence-electron chi connectivity index (χ0n) is 14.9. The number of hydrogen-bond acceptors (Lipinski definition) is 4. The van der Waals surface area contributed by atoms with Crippen LogP contribution in [0.5, 0.6) is 0 Å². The van der Waals surface area contributed by atoms with Crippen molar-refractivity contribution in [3.63, 3.8) is 0 Å². The summed E-state index contributed by atoms with van der Waals surface area (Å²) >= 11 is 0. The minimum absolute atomic E-state index is 0.0415. The monoisotopic (exact) mass is 341 g/mol. The second-order valence-corrected chi connectivity index (χ2v) is 6.36. The number of nitro groups is 1. The number of benzene rings is 2. The highest BCUT2D eigenvalue weighted by atomic mass is 16.6. The molecule has 0 aliphatic heterocycles. The van der Waals surface area contributed by atoms with Crippen LogP contribution in [0, 0.1) is 24.0 Å². The first kappa shape index (κ1) is 18.4.